The van der Waals surface area contributed by atoms with Gasteiger partial charge in [0.05, 0.1) is 16.3 Å². The first-order valence-electron chi connectivity index (χ1n) is 8.74. The Morgan fingerprint density at radius 3 is 2.33 bits per heavy atom. The predicted octanol–water partition coefficient (Wildman–Crippen LogP) is 3.86. The molecule has 0 unspecified atom stereocenters. The molecule has 11 heteroatoms. The van der Waals surface area contributed by atoms with Crippen molar-refractivity contribution in [2.24, 2.45) is 0 Å². The van der Waals surface area contributed by atoms with Crippen LogP contribution in [-0.2, 0) is 0 Å². The zero-order valence-electron chi connectivity index (χ0n) is 16.6. The number of hydrogen-bond donors (Lipinski definition) is 2. The zero-order chi connectivity index (χ0) is 22.6. The number of hydrogen-bond acceptors (Lipinski definition) is 7. The normalized spacial score (nSPS) is 10.5. The molecule has 0 aliphatic rings. The molecule has 0 atom stereocenters. The molecule has 0 spiro atoms. The number of tetrazole rings is 1. The fraction of sp³-hybridized carbons (Fsp3) is 0.211. The highest BCUT2D eigenvalue weighted by Gasteiger charge is 2.17. The lowest BCUT2D eigenvalue weighted by Gasteiger charge is -2.13. The third kappa shape index (κ3) is 4.93. The van der Waals surface area contributed by atoms with E-state index < -0.39 is 22.2 Å². The maximum absolute atomic E-state index is 13.4. The molecule has 158 valence electrons. The summed E-state index contributed by atoms with van der Waals surface area (Å²) >= 11 is 0. The van der Waals surface area contributed by atoms with Crippen LogP contribution in [0.4, 0.5) is 25.8 Å². The number of halogens is 2. The van der Waals surface area contributed by atoms with E-state index in [0.29, 0.717) is 16.8 Å². The Kier molecular flexibility index (Phi) is 6.77. The van der Waals surface area contributed by atoms with Gasteiger partial charge in [-0.3, -0.25) is 10.1 Å². The van der Waals surface area contributed by atoms with Gasteiger partial charge in [0.1, 0.15) is 12.1 Å². The molecule has 0 aliphatic carbocycles. The summed E-state index contributed by atoms with van der Waals surface area (Å²) in [5.41, 5.74) is 13.2. The summed E-state index contributed by atoms with van der Waals surface area (Å²) in [7, 11) is 0. The first-order chi connectivity index (χ1) is 14.0. The second-order valence-electron chi connectivity index (χ2n) is 6.77. The number of nitro groups is 1. The van der Waals surface area contributed by atoms with Crippen LogP contribution in [0, 0.1) is 21.7 Å². The third-order valence-corrected chi connectivity index (χ3v) is 4.14. The van der Waals surface area contributed by atoms with E-state index in [1.807, 2.05) is 13.8 Å². The maximum Gasteiger partial charge on any atom is 0.306 e. The second kappa shape index (κ2) is 9.07. The van der Waals surface area contributed by atoms with E-state index in [1.54, 1.807) is 13.0 Å². The van der Waals surface area contributed by atoms with E-state index in [-0.39, 0.29) is 17.3 Å². The number of aromatic nitrogens is 4. The highest BCUT2D eigenvalue weighted by molar-refractivity contribution is 5.74. The van der Waals surface area contributed by atoms with Gasteiger partial charge in [-0.25, -0.2) is 9.07 Å². The van der Waals surface area contributed by atoms with E-state index in [1.165, 1.54) is 17.1 Å². The van der Waals surface area contributed by atoms with Gasteiger partial charge in [-0.2, -0.15) is 4.39 Å². The highest BCUT2D eigenvalue weighted by Crippen LogP contribution is 2.28. The minimum absolute atomic E-state index is 0.0925. The monoisotopic (exact) mass is 417 g/mol. The quantitative estimate of drug-likeness (QED) is 0.373. The molecule has 3 aromatic rings. The summed E-state index contributed by atoms with van der Waals surface area (Å²) in [6, 6.07) is 4.99. The molecule has 9 nitrogen and oxygen atoms in total. The molecule has 0 saturated carbocycles. The van der Waals surface area contributed by atoms with Crippen molar-refractivity contribution in [2.75, 3.05) is 11.5 Å². The molecule has 4 N–H and O–H groups in total. The minimum atomic E-state index is -0.901. The topological polar surface area (TPSA) is 139 Å². The zero-order valence-corrected chi connectivity index (χ0v) is 16.6. The number of nitrogen functional groups attached to an aromatic ring is 2. The molecular weight excluding hydrogens is 396 g/mol. The van der Waals surface area contributed by atoms with Crippen molar-refractivity contribution in [1.29, 1.82) is 0 Å². The Balaban J connectivity index is 0.000000216. The van der Waals surface area contributed by atoms with Crippen molar-refractivity contribution in [3.63, 3.8) is 0 Å². The van der Waals surface area contributed by atoms with Gasteiger partial charge in [0, 0.05) is 17.3 Å². The van der Waals surface area contributed by atoms with Crippen LogP contribution < -0.4 is 11.5 Å². The molecule has 1 heterocycles. The molecule has 0 saturated heterocycles. The Morgan fingerprint density at radius 2 is 1.83 bits per heavy atom. The van der Waals surface area contributed by atoms with Crippen LogP contribution in [0.5, 0.6) is 0 Å². The number of nitro benzene ring substituents is 1. The van der Waals surface area contributed by atoms with E-state index in [2.05, 4.69) is 22.1 Å². The van der Waals surface area contributed by atoms with Crippen LogP contribution in [0.1, 0.15) is 37.8 Å². The Hall–Kier alpha value is -3.89. The number of nitrogens with two attached hydrogens (primary N) is 2. The summed E-state index contributed by atoms with van der Waals surface area (Å²) in [6.45, 7) is 9.18. The number of benzene rings is 2. The Labute approximate surface area is 171 Å². The largest absolute Gasteiger partial charge is 0.398 e. The molecule has 3 rings (SSSR count). The van der Waals surface area contributed by atoms with Crippen LogP contribution in [0.2, 0.25) is 0 Å². The van der Waals surface area contributed by atoms with Gasteiger partial charge < -0.3 is 11.5 Å². The van der Waals surface area contributed by atoms with Gasteiger partial charge in [-0.1, -0.05) is 20.4 Å². The first kappa shape index (κ1) is 22.4. The first-order valence-corrected chi connectivity index (χ1v) is 8.74. The number of nitrogens with zero attached hydrogens (tertiary/aromatic N) is 5. The van der Waals surface area contributed by atoms with Crippen molar-refractivity contribution in [3.8, 4) is 5.69 Å². The van der Waals surface area contributed by atoms with Crippen molar-refractivity contribution < 1.29 is 13.7 Å². The molecule has 0 radical (unpaired) electrons. The maximum atomic E-state index is 13.4. The summed E-state index contributed by atoms with van der Waals surface area (Å²) in [4.78, 5) is 9.53. The number of rotatable bonds is 4. The lowest BCUT2D eigenvalue weighted by atomic mass is 10.0. The van der Waals surface area contributed by atoms with E-state index in [4.69, 9.17) is 11.5 Å². The van der Waals surface area contributed by atoms with Gasteiger partial charge in [-0.05, 0) is 52.6 Å². The molecule has 0 amide bonds. The summed E-state index contributed by atoms with van der Waals surface area (Å²) in [6.07, 6.45) is 1.46. The van der Waals surface area contributed by atoms with Gasteiger partial charge >= 0.3 is 5.69 Å². The molecule has 0 fully saturated rings. The molecule has 30 heavy (non-hydrogen) atoms. The molecule has 1 aromatic heterocycles. The van der Waals surface area contributed by atoms with Crippen LogP contribution in [0.25, 0.3) is 11.3 Å². The van der Waals surface area contributed by atoms with E-state index >= 15 is 0 Å². The number of allylic oxidation sites excluding steroid dienone is 1. The summed E-state index contributed by atoms with van der Waals surface area (Å²) in [5.74, 6) is -1.16. The third-order valence-electron chi connectivity index (χ3n) is 4.14. The number of anilines is 2. The van der Waals surface area contributed by atoms with E-state index in [0.717, 1.165) is 17.7 Å². The fourth-order valence-corrected chi connectivity index (χ4v) is 2.61. The average Bonchev–Trinajstić information content (AvgIpc) is 3.19. The van der Waals surface area contributed by atoms with Crippen LogP contribution >= 0.6 is 0 Å². The smallest absolute Gasteiger partial charge is 0.306 e. The minimum Gasteiger partial charge on any atom is -0.398 e. The van der Waals surface area contributed by atoms with Crippen LogP contribution in [0.3, 0.4) is 0 Å². The molecule has 2 aromatic carbocycles. The van der Waals surface area contributed by atoms with Gasteiger partial charge in [0.25, 0.3) is 0 Å². The van der Waals surface area contributed by atoms with E-state index in [9.17, 15) is 18.9 Å². The Morgan fingerprint density at radius 1 is 1.17 bits per heavy atom. The van der Waals surface area contributed by atoms with Crippen LogP contribution in [0.15, 0.2) is 37.2 Å². The SMILES string of the molecule is C=C(C)c1cc(F)c([N+](=O)[O-])cc1N.CC(C)c1cc(F)c(N)cc1-n1cnnn1. The predicted molar refractivity (Wildman–Crippen MR) is 110 cm³/mol. The lowest BCUT2D eigenvalue weighted by molar-refractivity contribution is -0.387. The summed E-state index contributed by atoms with van der Waals surface area (Å²) in [5, 5.41) is 21.2. The van der Waals surface area contributed by atoms with Crippen molar-refractivity contribution >= 4 is 22.6 Å². The van der Waals surface area contributed by atoms with Crippen LogP contribution in [-0.4, -0.2) is 25.1 Å². The van der Waals surface area contributed by atoms with Gasteiger partial charge in [0.15, 0.2) is 0 Å². The Bertz CT molecular complexity index is 1040. The standard InChI is InChI=1S/C10H12FN5.C9H9FN2O2/c1-6(2)7-3-8(11)9(12)4-10(7)16-5-13-14-15-16;1-5(2)6-3-7(10)9(12(13)14)4-8(6)11/h3-6H,12H2,1-2H3;3-4H,1,11H2,2H3. The fourth-order valence-electron chi connectivity index (χ4n) is 2.61. The highest BCUT2D eigenvalue weighted by atomic mass is 19.1. The molecule has 0 aliphatic heterocycles. The van der Waals surface area contributed by atoms with Gasteiger partial charge in [-0.15, -0.1) is 5.10 Å². The second-order valence-corrected chi connectivity index (χ2v) is 6.77. The summed E-state index contributed by atoms with van der Waals surface area (Å²) < 4.78 is 28.0. The lowest BCUT2D eigenvalue weighted by Crippen LogP contribution is -2.05. The molecular formula is C19H21F2N7O2. The van der Waals surface area contributed by atoms with Crippen molar-refractivity contribution in [3.05, 3.63) is 70.0 Å². The molecule has 0 bridgehead atoms. The van der Waals surface area contributed by atoms with Crippen molar-refractivity contribution in [1.82, 2.24) is 20.2 Å². The van der Waals surface area contributed by atoms with Crippen molar-refractivity contribution in [2.45, 2.75) is 26.7 Å². The average molecular weight is 417 g/mol. The van der Waals surface area contributed by atoms with Gasteiger partial charge in [0.2, 0.25) is 5.82 Å².